The van der Waals surface area contributed by atoms with Gasteiger partial charge >= 0.3 is 46.1 Å². The minimum atomic E-state index is -5.17. The molecule has 0 aromatic carbocycles. The minimum Gasteiger partial charge on any atom is -0.759 e. The van der Waals surface area contributed by atoms with Gasteiger partial charge in [0, 0.05) is 20.8 Å². The Morgan fingerprint density at radius 1 is 0.400 bits per heavy atom. The van der Waals surface area contributed by atoms with Gasteiger partial charge in [-0.3, -0.25) is 16.8 Å². The van der Waals surface area contributed by atoms with Gasteiger partial charge in [-0.1, -0.05) is 0 Å². The minimum absolute atomic E-state index is 0. The summed E-state index contributed by atoms with van der Waals surface area (Å²) in [5.41, 5.74) is 0. The van der Waals surface area contributed by atoms with Gasteiger partial charge in [0.1, 0.15) is 0 Å². The SMILES string of the molecule is O.O.O.O.O.O.O.O.O=S(=O)([O-])[O-].O=S(=O)([O-])[O-].[Mg+2].[Mg+2]. The molecule has 0 aliphatic rings. The van der Waals surface area contributed by atoms with Crippen LogP contribution in [0.25, 0.3) is 0 Å². The maximum Gasteiger partial charge on any atom is 2.00 e. The zero-order chi connectivity index (χ0) is 9.00. The van der Waals surface area contributed by atoms with E-state index in [4.69, 9.17) is 35.0 Å². The van der Waals surface area contributed by atoms with Crippen molar-refractivity contribution >= 4 is 66.9 Å². The molecule has 0 bridgehead atoms. The van der Waals surface area contributed by atoms with E-state index in [1.54, 1.807) is 0 Å². The standard InChI is InChI=1S/2Mg.2H2O4S.8H2O/c;;2*1-5(2,3)4;;;;;;;;/h;;2*(H2,1,2,3,4);8*1H2/q2*+2;;;;;;;;;;/p-4. The predicted molar refractivity (Wildman–Crippen MR) is 61.4 cm³/mol. The van der Waals surface area contributed by atoms with Gasteiger partial charge in [0.15, 0.2) is 0 Å². The topological polar surface area (TPSA) is 413 Å². The molecule has 0 aliphatic carbocycles. The van der Waals surface area contributed by atoms with Gasteiger partial charge in [0.25, 0.3) is 0 Å². The van der Waals surface area contributed by atoms with Crippen LogP contribution in [0.5, 0.6) is 0 Å². The van der Waals surface area contributed by atoms with Gasteiger partial charge in [0.05, 0.1) is 0 Å². The second-order valence-electron chi connectivity index (χ2n) is 0.816. The molecule has 16 nitrogen and oxygen atoms in total. The Morgan fingerprint density at radius 2 is 0.400 bits per heavy atom. The van der Waals surface area contributed by atoms with Crippen molar-refractivity contribution in [2.45, 2.75) is 0 Å². The van der Waals surface area contributed by atoms with Gasteiger partial charge in [0.2, 0.25) is 0 Å². The van der Waals surface area contributed by atoms with Gasteiger partial charge in [-0.2, -0.15) is 0 Å². The van der Waals surface area contributed by atoms with Crippen molar-refractivity contribution in [2.75, 3.05) is 0 Å². The molecule has 128 valence electrons. The molecule has 0 spiro atoms. The molecule has 0 aromatic rings. The summed E-state index contributed by atoms with van der Waals surface area (Å²) in [6.45, 7) is 0. The summed E-state index contributed by atoms with van der Waals surface area (Å²) in [5, 5.41) is 0. The van der Waals surface area contributed by atoms with Gasteiger partial charge in [-0.05, 0) is 0 Å². The first-order chi connectivity index (χ1) is 4.00. The Kier molecular flexibility index (Phi) is 222. The molecular weight excluding hydrogens is 369 g/mol. The smallest absolute Gasteiger partial charge is 0.759 e. The molecule has 0 aliphatic heterocycles. The Hall–Kier alpha value is 0.952. The van der Waals surface area contributed by atoms with E-state index in [0.29, 0.717) is 0 Å². The molecule has 0 saturated heterocycles. The van der Waals surface area contributed by atoms with Gasteiger partial charge < -0.3 is 62.0 Å². The van der Waals surface area contributed by atoms with E-state index < -0.39 is 20.8 Å². The van der Waals surface area contributed by atoms with Crippen LogP contribution >= 0.6 is 0 Å². The monoisotopic (exact) mass is 384 g/mol. The fraction of sp³-hybridized carbons (Fsp3) is 0. The average Bonchev–Trinajstić information content (AvgIpc) is 1.12. The van der Waals surface area contributed by atoms with Crippen molar-refractivity contribution in [3.05, 3.63) is 0 Å². The van der Waals surface area contributed by atoms with E-state index in [-0.39, 0.29) is 89.9 Å². The molecule has 20 heteroatoms. The molecule has 0 fully saturated rings. The third-order valence-electron chi connectivity index (χ3n) is 0. The number of hydrogen-bond donors (Lipinski definition) is 0. The predicted octanol–water partition coefficient (Wildman–Crippen LogP) is -10.0. The van der Waals surface area contributed by atoms with E-state index in [1.807, 2.05) is 0 Å². The molecule has 0 heterocycles. The maximum absolute atomic E-state index is 8.52. The Balaban J connectivity index is -0.00000000427. The Labute approximate surface area is 145 Å². The summed E-state index contributed by atoms with van der Waals surface area (Å²) < 4.78 is 68.2. The van der Waals surface area contributed by atoms with Gasteiger partial charge in [-0.15, -0.1) is 0 Å². The molecule has 20 heavy (non-hydrogen) atoms. The van der Waals surface area contributed by atoms with Gasteiger partial charge in [-0.25, -0.2) is 0 Å². The van der Waals surface area contributed by atoms with Crippen LogP contribution in [0.2, 0.25) is 0 Å². The van der Waals surface area contributed by atoms with Crippen LogP contribution in [0.1, 0.15) is 0 Å². The van der Waals surface area contributed by atoms with E-state index in [0.717, 1.165) is 0 Å². The third kappa shape index (κ3) is 6730. The summed E-state index contributed by atoms with van der Waals surface area (Å²) in [7, 11) is -10.3. The first-order valence-corrected chi connectivity index (χ1v) is 4.00. The second-order valence-corrected chi connectivity index (χ2v) is 2.45. The molecule has 0 rings (SSSR count). The zero-order valence-electron chi connectivity index (χ0n) is 9.50. The fourth-order valence-electron chi connectivity index (χ4n) is 0. The fourth-order valence-corrected chi connectivity index (χ4v) is 0. The molecule has 0 unspecified atom stereocenters. The largest absolute Gasteiger partial charge is 2.00 e. The summed E-state index contributed by atoms with van der Waals surface area (Å²) in [5.74, 6) is 0. The van der Waals surface area contributed by atoms with E-state index in [9.17, 15) is 0 Å². The van der Waals surface area contributed by atoms with Crippen molar-refractivity contribution in [3.8, 4) is 0 Å². The average molecular weight is 385 g/mol. The Morgan fingerprint density at radius 3 is 0.400 bits per heavy atom. The molecule has 16 N–H and O–H groups in total. The molecule has 0 saturated carbocycles. The summed E-state index contributed by atoms with van der Waals surface area (Å²) in [6, 6.07) is 0. The van der Waals surface area contributed by atoms with Crippen molar-refractivity contribution < 1.29 is 78.9 Å². The van der Waals surface area contributed by atoms with Crippen LogP contribution in [-0.4, -0.2) is 125 Å². The summed E-state index contributed by atoms with van der Waals surface area (Å²) in [6.07, 6.45) is 0. The molecular formula is H16Mg2O16S2. The number of rotatable bonds is 0. The summed E-state index contributed by atoms with van der Waals surface area (Å²) in [4.78, 5) is 0. The van der Waals surface area contributed by atoms with E-state index >= 15 is 0 Å². The normalized spacial score (nSPS) is 5.80. The van der Waals surface area contributed by atoms with E-state index in [2.05, 4.69) is 0 Å². The van der Waals surface area contributed by atoms with Crippen LogP contribution in [0.4, 0.5) is 0 Å². The zero-order valence-corrected chi connectivity index (χ0v) is 14.0. The first-order valence-electron chi connectivity index (χ1n) is 1.33. The Bertz CT molecular complexity index is 215. The van der Waals surface area contributed by atoms with Crippen LogP contribution in [0.3, 0.4) is 0 Å². The maximum atomic E-state index is 8.52. The molecule has 0 amide bonds. The molecule has 0 radical (unpaired) electrons. The van der Waals surface area contributed by atoms with Crippen molar-refractivity contribution in [2.24, 2.45) is 0 Å². The van der Waals surface area contributed by atoms with Crippen LogP contribution in [0, 0.1) is 0 Å². The van der Waals surface area contributed by atoms with Crippen LogP contribution in [0.15, 0.2) is 0 Å². The molecule has 0 aromatic heterocycles. The molecule has 0 atom stereocenters. The second kappa shape index (κ2) is 42.7. The van der Waals surface area contributed by atoms with Crippen LogP contribution in [-0.2, 0) is 20.8 Å². The van der Waals surface area contributed by atoms with Crippen molar-refractivity contribution in [1.29, 1.82) is 0 Å². The quantitative estimate of drug-likeness (QED) is 0.218. The first kappa shape index (κ1) is 104. The summed E-state index contributed by atoms with van der Waals surface area (Å²) >= 11 is 0. The van der Waals surface area contributed by atoms with E-state index in [1.165, 1.54) is 0 Å². The van der Waals surface area contributed by atoms with Crippen molar-refractivity contribution in [1.82, 2.24) is 0 Å². The van der Waals surface area contributed by atoms with Crippen LogP contribution < -0.4 is 0 Å². The number of hydrogen-bond acceptors (Lipinski definition) is 8. The van der Waals surface area contributed by atoms with Crippen molar-refractivity contribution in [3.63, 3.8) is 0 Å². The third-order valence-corrected chi connectivity index (χ3v) is 0.